The zero-order valence-corrected chi connectivity index (χ0v) is 14.0. The maximum absolute atomic E-state index is 12.8. The number of hydrogen-bond acceptors (Lipinski definition) is 2. The van der Waals surface area contributed by atoms with Crippen LogP contribution in [0.4, 0.5) is 13.2 Å². The third kappa shape index (κ3) is 4.44. The number of aromatic amines is 1. The summed E-state index contributed by atoms with van der Waals surface area (Å²) in [5.41, 5.74) is 0.183. The number of rotatable bonds is 5. The van der Waals surface area contributed by atoms with Gasteiger partial charge in [0.25, 0.3) is 5.91 Å². The SMILES string of the molecule is O=C(c1cccc(C(F)(F)F)c1)c1c[nH]c(C(=O)NCc2ccccc2)c1. The third-order valence-corrected chi connectivity index (χ3v) is 3.94. The van der Waals surface area contributed by atoms with Crippen LogP contribution >= 0.6 is 0 Å². The van der Waals surface area contributed by atoms with Gasteiger partial charge < -0.3 is 10.3 Å². The van der Waals surface area contributed by atoms with Crippen molar-refractivity contribution in [3.8, 4) is 0 Å². The van der Waals surface area contributed by atoms with Gasteiger partial charge in [-0.1, -0.05) is 42.5 Å². The largest absolute Gasteiger partial charge is 0.416 e. The Morgan fingerprint density at radius 3 is 2.37 bits per heavy atom. The van der Waals surface area contributed by atoms with E-state index >= 15 is 0 Å². The van der Waals surface area contributed by atoms with E-state index in [1.54, 1.807) is 0 Å². The highest BCUT2D eigenvalue weighted by Crippen LogP contribution is 2.30. The second-order valence-corrected chi connectivity index (χ2v) is 5.88. The van der Waals surface area contributed by atoms with Crippen molar-refractivity contribution in [2.45, 2.75) is 12.7 Å². The molecule has 0 aliphatic carbocycles. The van der Waals surface area contributed by atoms with Crippen molar-refractivity contribution >= 4 is 11.7 Å². The molecule has 0 radical (unpaired) electrons. The van der Waals surface area contributed by atoms with E-state index in [9.17, 15) is 22.8 Å². The van der Waals surface area contributed by atoms with E-state index in [0.29, 0.717) is 6.54 Å². The lowest BCUT2D eigenvalue weighted by atomic mass is 10.0. The Morgan fingerprint density at radius 1 is 0.926 bits per heavy atom. The molecule has 0 aliphatic heterocycles. The Balaban J connectivity index is 1.71. The molecule has 0 saturated carbocycles. The minimum Gasteiger partial charge on any atom is -0.356 e. The Morgan fingerprint density at radius 2 is 1.67 bits per heavy atom. The summed E-state index contributed by atoms with van der Waals surface area (Å²) in [6.45, 7) is 0.315. The van der Waals surface area contributed by atoms with Crippen molar-refractivity contribution in [3.63, 3.8) is 0 Å². The second kappa shape index (κ2) is 7.49. The number of H-pyrrole nitrogens is 1. The van der Waals surface area contributed by atoms with Gasteiger partial charge in [0.1, 0.15) is 5.69 Å². The summed E-state index contributed by atoms with van der Waals surface area (Å²) in [5, 5.41) is 2.71. The summed E-state index contributed by atoms with van der Waals surface area (Å²) >= 11 is 0. The normalized spacial score (nSPS) is 11.2. The molecule has 2 N–H and O–H groups in total. The summed E-state index contributed by atoms with van der Waals surface area (Å²) in [4.78, 5) is 27.3. The number of aromatic nitrogens is 1. The molecule has 0 atom stereocenters. The van der Waals surface area contributed by atoms with Gasteiger partial charge in [-0.15, -0.1) is 0 Å². The molecule has 4 nitrogen and oxygen atoms in total. The van der Waals surface area contributed by atoms with Crippen molar-refractivity contribution in [2.75, 3.05) is 0 Å². The van der Waals surface area contributed by atoms with Gasteiger partial charge in [0, 0.05) is 23.9 Å². The molecule has 0 spiro atoms. The van der Waals surface area contributed by atoms with Gasteiger partial charge in [0.2, 0.25) is 0 Å². The van der Waals surface area contributed by atoms with E-state index in [-0.39, 0.29) is 16.8 Å². The number of benzene rings is 2. The van der Waals surface area contributed by atoms with Gasteiger partial charge in [-0.2, -0.15) is 13.2 Å². The average Bonchev–Trinajstić information content (AvgIpc) is 3.16. The number of amides is 1. The van der Waals surface area contributed by atoms with Crippen LogP contribution in [-0.4, -0.2) is 16.7 Å². The summed E-state index contributed by atoms with van der Waals surface area (Å²) in [6.07, 6.45) is -3.23. The van der Waals surface area contributed by atoms with Crippen molar-refractivity contribution in [1.82, 2.24) is 10.3 Å². The van der Waals surface area contributed by atoms with Gasteiger partial charge in [-0.3, -0.25) is 9.59 Å². The van der Waals surface area contributed by atoms with Gasteiger partial charge in [-0.05, 0) is 23.8 Å². The molecule has 0 saturated heterocycles. The van der Waals surface area contributed by atoms with Crippen LogP contribution in [0.2, 0.25) is 0 Å². The Kier molecular flexibility index (Phi) is 5.12. The highest BCUT2D eigenvalue weighted by atomic mass is 19.4. The number of ketones is 1. The summed E-state index contributed by atoms with van der Waals surface area (Å²) in [5.74, 6) is -1.01. The Hall–Kier alpha value is -3.35. The van der Waals surface area contributed by atoms with Crippen LogP contribution in [-0.2, 0) is 12.7 Å². The number of carbonyl (C=O) groups excluding carboxylic acids is 2. The fourth-order valence-corrected chi connectivity index (χ4v) is 2.53. The molecule has 0 aliphatic rings. The first-order valence-electron chi connectivity index (χ1n) is 8.07. The standard InChI is InChI=1S/C20H15F3N2O2/c21-20(22,23)16-8-4-7-14(9-16)18(26)15-10-17(24-12-15)19(27)25-11-13-5-2-1-3-6-13/h1-10,12,24H,11H2,(H,25,27). The smallest absolute Gasteiger partial charge is 0.356 e. The lowest BCUT2D eigenvalue weighted by molar-refractivity contribution is -0.137. The highest BCUT2D eigenvalue weighted by Gasteiger charge is 2.31. The van der Waals surface area contributed by atoms with Crippen molar-refractivity contribution < 1.29 is 22.8 Å². The molecule has 7 heteroatoms. The lowest BCUT2D eigenvalue weighted by Crippen LogP contribution is -2.23. The van der Waals surface area contributed by atoms with Crippen LogP contribution in [0.15, 0.2) is 66.9 Å². The number of hydrogen-bond donors (Lipinski definition) is 2. The summed E-state index contributed by atoms with van der Waals surface area (Å²) in [7, 11) is 0. The first-order chi connectivity index (χ1) is 12.8. The van der Waals surface area contributed by atoms with Crippen molar-refractivity contribution in [1.29, 1.82) is 0 Å². The topological polar surface area (TPSA) is 62.0 Å². The summed E-state index contributed by atoms with van der Waals surface area (Å²) < 4.78 is 38.4. The molecule has 3 rings (SSSR count). The van der Waals surface area contributed by atoms with E-state index in [2.05, 4.69) is 10.3 Å². The molecule has 1 amide bonds. The lowest BCUT2D eigenvalue weighted by Gasteiger charge is -2.07. The van der Waals surface area contributed by atoms with E-state index < -0.39 is 23.4 Å². The van der Waals surface area contributed by atoms with Gasteiger partial charge in [0.05, 0.1) is 5.56 Å². The van der Waals surface area contributed by atoms with Gasteiger partial charge >= 0.3 is 6.18 Å². The maximum Gasteiger partial charge on any atom is 0.416 e. The number of carbonyl (C=O) groups is 2. The molecule has 27 heavy (non-hydrogen) atoms. The van der Waals surface area contributed by atoms with Gasteiger partial charge in [-0.25, -0.2) is 0 Å². The zero-order valence-electron chi connectivity index (χ0n) is 14.0. The average molecular weight is 372 g/mol. The summed E-state index contributed by atoms with van der Waals surface area (Å²) in [6, 6.07) is 14.8. The minimum atomic E-state index is -4.53. The van der Waals surface area contributed by atoms with E-state index in [1.807, 2.05) is 30.3 Å². The van der Waals surface area contributed by atoms with Crippen LogP contribution in [0.5, 0.6) is 0 Å². The van der Waals surface area contributed by atoms with Crippen LogP contribution in [0.1, 0.15) is 37.5 Å². The van der Waals surface area contributed by atoms with E-state index in [1.165, 1.54) is 24.4 Å². The zero-order chi connectivity index (χ0) is 19.4. The molecular formula is C20H15F3N2O2. The molecule has 1 aromatic heterocycles. The second-order valence-electron chi connectivity index (χ2n) is 5.88. The maximum atomic E-state index is 12.8. The Labute approximate surface area is 153 Å². The molecule has 3 aromatic rings. The quantitative estimate of drug-likeness (QED) is 0.660. The van der Waals surface area contributed by atoms with Gasteiger partial charge in [0.15, 0.2) is 5.78 Å². The molecule has 1 heterocycles. The molecular weight excluding hydrogens is 357 g/mol. The molecule has 0 bridgehead atoms. The molecule has 0 fully saturated rings. The van der Waals surface area contributed by atoms with E-state index in [0.717, 1.165) is 17.7 Å². The van der Waals surface area contributed by atoms with Crippen molar-refractivity contribution in [3.05, 3.63) is 94.8 Å². The molecule has 2 aromatic carbocycles. The molecule has 138 valence electrons. The minimum absolute atomic E-state index is 0.0972. The fourth-order valence-electron chi connectivity index (χ4n) is 2.53. The van der Waals surface area contributed by atoms with Crippen LogP contribution in [0.3, 0.4) is 0 Å². The predicted octanol–water partition coefficient (Wildman–Crippen LogP) is 4.19. The number of halogens is 3. The van der Waals surface area contributed by atoms with Crippen LogP contribution in [0.25, 0.3) is 0 Å². The monoisotopic (exact) mass is 372 g/mol. The highest BCUT2D eigenvalue weighted by molar-refractivity contribution is 6.10. The fraction of sp³-hybridized carbons (Fsp3) is 0.100. The molecule has 0 unspecified atom stereocenters. The van der Waals surface area contributed by atoms with E-state index in [4.69, 9.17) is 0 Å². The Bertz CT molecular complexity index is 963. The number of alkyl halides is 3. The van der Waals surface area contributed by atoms with Crippen LogP contribution in [0, 0.1) is 0 Å². The van der Waals surface area contributed by atoms with Crippen LogP contribution < -0.4 is 5.32 Å². The van der Waals surface area contributed by atoms with Crippen molar-refractivity contribution in [2.24, 2.45) is 0 Å². The number of nitrogens with one attached hydrogen (secondary N) is 2. The first-order valence-corrected chi connectivity index (χ1v) is 8.07. The predicted molar refractivity (Wildman–Crippen MR) is 93.3 cm³/mol. The first kappa shape index (κ1) is 18.4. The third-order valence-electron chi connectivity index (χ3n) is 3.94.